The van der Waals surface area contributed by atoms with Gasteiger partial charge in [0, 0.05) is 0 Å². The number of hydrogen-bond acceptors (Lipinski definition) is 4. The summed E-state index contributed by atoms with van der Waals surface area (Å²) in [5.74, 6) is 0. The first-order chi connectivity index (χ1) is 8.66. The van der Waals surface area contributed by atoms with Crippen LogP contribution in [0.25, 0.3) is 0 Å². The summed E-state index contributed by atoms with van der Waals surface area (Å²) in [5.41, 5.74) is 7.02. The van der Waals surface area contributed by atoms with Gasteiger partial charge in [0.1, 0.15) is 6.54 Å². The van der Waals surface area contributed by atoms with Gasteiger partial charge in [-0.25, -0.2) is 4.79 Å². The average Bonchev–Trinajstić information content (AvgIpc) is 2.81. The Kier molecular flexibility index (Phi) is 3.57. The number of primary amides is 1. The molecule has 0 saturated carbocycles. The first-order valence-electron chi connectivity index (χ1n) is 5.52. The first kappa shape index (κ1) is 12.1. The number of nitrogens with zero attached hydrogens (tertiary/aromatic N) is 3. The van der Waals surface area contributed by atoms with Gasteiger partial charge in [-0.05, 0) is 18.1 Å². The van der Waals surface area contributed by atoms with E-state index >= 15 is 0 Å². The van der Waals surface area contributed by atoms with Crippen LogP contribution in [-0.2, 0) is 11.3 Å². The highest BCUT2D eigenvalue weighted by atomic mass is 16.6. The van der Waals surface area contributed by atoms with E-state index in [1.807, 2.05) is 31.2 Å². The summed E-state index contributed by atoms with van der Waals surface area (Å²) in [7, 11) is 0. The van der Waals surface area contributed by atoms with Crippen LogP contribution in [0.1, 0.15) is 17.2 Å². The molecular formula is C12H14N4O2. The minimum absolute atomic E-state index is 0.334. The maximum absolute atomic E-state index is 11.0. The van der Waals surface area contributed by atoms with Gasteiger partial charge in [-0.1, -0.05) is 24.3 Å². The number of hydrogen-bond donors (Lipinski definition) is 1. The molecule has 0 spiro atoms. The number of aryl methyl sites for hydroxylation is 1. The van der Waals surface area contributed by atoms with Crippen LogP contribution in [0.3, 0.4) is 0 Å². The Morgan fingerprint density at radius 2 is 2.06 bits per heavy atom. The fourth-order valence-electron chi connectivity index (χ4n) is 1.77. The normalized spacial score (nSPS) is 12.1. The van der Waals surface area contributed by atoms with Crippen molar-refractivity contribution in [3.8, 4) is 0 Å². The van der Waals surface area contributed by atoms with E-state index in [1.165, 1.54) is 4.80 Å². The Bertz CT molecular complexity index is 525. The van der Waals surface area contributed by atoms with Crippen LogP contribution in [0.15, 0.2) is 36.7 Å². The number of amides is 1. The van der Waals surface area contributed by atoms with Crippen molar-refractivity contribution in [1.29, 1.82) is 0 Å². The van der Waals surface area contributed by atoms with Gasteiger partial charge in [0.05, 0.1) is 12.4 Å². The Labute approximate surface area is 104 Å². The maximum Gasteiger partial charge on any atom is 0.405 e. The van der Waals surface area contributed by atoms with Crippen molar-refractivity contribution in [2.75, 3.05) is 0 Å². The number of benzene rings is 1. The molecule has 18 heavy (non-hydrogen) atoms. The van der Waals surface area contributed by atoms with Gasteiger partial charge in [-0.2, -0.15) is 15.0 Å². The highest BCUT2D eigenvalue weighted by molar-refractivity contribution is 5.65. The quantitative estimate of drug-likeness (QED) is 0.884. The zero-order valence-electron chi connectivity index (χ0n) is 9.98. The Morgan fingerprint density at radius 3 is 2.67 bits per heavy atom. The highest BCUT2D eigenvalue weighted by Crippen LogP contribution is 2.22. The number of carbonyl (C=O) groups is 1. The number of rotatable bonds is 4. The van der Waals surface area contributed by atoms with Crippen molar-refractivity contribution in [1.82, 2.24) is 15.0 Å². The Balaban J connectivity index is 2.25. The number of ether oxygens (including phenoxy) is 1. The average molecular weight is 246 g/mol. The lowest BCUT2D eigenvalue weighted by Crippen LogP contribution is -2.22. The minimum atomic E-state index is -0.810. The molecule has 2 aromatic rings. The molecule has 94 valence electrons. The molecule has 1 atom stereocenters. The zero-order chi connectivity index (χ0) is 13.0. The van der Waals surface area contributed by atoms with Gasteiger partial charge >= 0.3 is 6.09 Å². The second kappa shape index (κ2) is 5.31. The summed E-state index contributed by atoms with van der Waals surface area (Å²) >= 11 is 0. The summed E-state index contributed by atoms with van der Waals surface area (Å²) in [4.78, 5) is 12.4. The predicted molar refractivity (Wildman–Crippen MR) is 64.6 cm³/mol. The molecule has 1 heterocycles. The van der Waals surface area contributed by atoms with E-state index in [0.29, 0.717) is 6.54 Å². The van der Waals surface area contributed by atoms with E-state index in [0.717, 1.165) is 11.1 Å². The van der Waals surface area contributed by atoms with E-state index in [2.05, 4.69) is 10.2 Å². The third-order valence-corrected chi connectivity index (χ3v) is 2.59. The first-order valence-corrected chi connectivity index (χ1v) is 5.52. The lowest BCUT2D eigenvalue weighted by molar-refractivity contribution is 0.0901. The van der Waals surface area contributed by atoms with Crippen LogP contribution in [0, 0.1) is 6.92 Å². The molecule has 0 radical (unpaired) electrons. The molecule has 0 bridgehead atoms. The van der Waals surface area contributed by atoms with Gasteiger partial charge in [0.25, 0.3) is 0 Å². The fraction of sp³-hybridized carbons (Fsp3) is 0.250. The van der Waals surface area contributed by atoms with E-state index in [1.54, 1.807) is 12.4 Å². The topological polar surface area (TPSA) is 83.0 Å². The van der Waals surface area contributed by atoms with Crippen molar-refractivity contribution >= 4 is 6.09 Å². The van der Waals surface area contributed by atoms with Crippen LogP contribution in [0.5, 0.6) is 0 Å². The molecular weight excluding hydrogens is 232 g/mol. The summed E-state index contributed by atoms with van der Waals surface area (Å²) in [6, 6.07) is 7.65. The van der Waals surface area contributed by atoms with Gasteiger partial charge in [-0.3, -0.25) is 0 Å². The van der Waals surface area contributed by atoms with E-state index in [9.17, 15) is 4.79 Å². The Morgan fingerprint density at radius 1 is 1.39 bits per heavy atom. The van der Waals surface area contributed by atoms with Crippen molar-refractivity contribution < 1.29 is 9.53 Å². The molecule has 1 aromatic heterocycles. The lowest BCUT2D eigenvalue weighted by atomic mass is 10.0. The molecule has 6 heteroatoms. The summed E-state index contributed by atoms with van der Waals surface area (Å²) < 4.78 is 5.13. The number of nitrogens with two attached hydrogens (primary N) is 1. The van der Waals surface area contributed by atoms with Crippen molar-refractivity contribution in [3.63, 3.8) is 0 Å². The molecule has 2 rings (SSSR count). The molecule has 0 fully saturated rings. The molecule has 0 aliphatic rings. The van der Waals surface area contributed by atoms with Gasteiger partial charge in [0.15, 0.2) is 6.10 Å². The summed E-state index contributed by atoms with van der Waals surface area (Å²) in [6.45, 7) is 2.28. The van der Waals surface area contributed by atoms with Gasteiger partial charge < -0.3 is 10.5 Å². The van der Waals surface area contributed by atoms with Crippen LogP contribution in [0.4, 0.5) is 4.79 Å². The highest BCUT2D eigenvalue weighted by Gasteiger charge is 2.18. The number of carbonyl (C=O) groups excluding carboxylic acids is 1. The fourth-order valence-corrected chi connectivity index (χ4v) is 1.77. The van der Waals surface area contributed by atoms with Crippen LogP contribution >= 0.6 is 0 Å². The summed E-state index contributed by atoms with van der Waals surface area (Å²) in [5, 5.41) is 7.98. The zero-order valence-corrected chi connectivity index (χ0v) is 9.98. The third-order valence-electron chi connectivity index (χ3n) is 2.59. The maximum atomic E-state index is 11.0. The minimum Gasteiger partial charge on any atom is -0.439 e. The second-order valence-electron chi connectivity index (χ2n) is 3.87. The van der Waals surface area contributed by atoms with E-state index in [4.69, 9.17) is 10.5 Å². The molecule has 1 amide bonds. The molecule has 2 N–H and O–H groups in total. The smallest absolute Gasteiger partial charge is 0.405 e. The molecule has 1 aromatic carbocycles. The number of aromatic nitrogens is 3. The third kappa shape index (κ3) is 2.85. The second-order valence-corrected chi connectivity index (χ2v) is 3.87. The molecule has 1 unspecified atom stereocenters. The Hall–Kier alpha value is -2.37. The molecule has 6 nitrogen and oxygen atoms in total. The van der Waals surface area contributed by atoms with Crippen molar-refractivity contribution in [3.05, 3.63) is 47.8 Å². The lowest BCUT2D eigenvalue weighted by Gasteiger charge is -2.18. The molecule has 0 aliphatic heterocycles. The van der Waals surface area contributed by atoms with Gasteiger partial charge in [-0.15, -0.1) is 0 Å². The van der Waals surface area contributed by atoms with E-state index < -0.39 is 12.2 Å². The van der Waals surface area contributed by atoms with Crippen LogP contribution in [-0.4, -0.2) is 21.1 Å². The molecule has 0 aliphatic carbocycles. The standard InChI is InChI=1S/C12H14N4O2/c1-9-4-2-3-5-10(9)11(18-12(13)17)8-16-14-6-7-15-16/h2-7,11H,8H2,1H3,(H2,13,17). The monoisotopic (exact) mass is 246 g/mol. The molecule has 0 saturated heterocycles. The predicted octanol–water partition coefficient (Wildman–Crippen LogP) is 1.42. The van der Waals surface area contributed by atoms with Crippen molar-refractivity contribution in [2.24, 2.45) is 5.73 Å². The van der Waals surface area contributed by atoms with Crippen LogP contribution in [0.2, 0.25) is 0 Å². The van der Waals surface area contributed by atoms with Gasteiger partial charge in [0.2, 0.25) is 0 Å². The van der Waals surface area contributed by atoms with Crippen molar-refractivity contribution in [2.45, 2.75) is 19.6 Å². The largest absolute Gasteiger partial charge is 0.439 e. The van der Waals surface area contributed by atoms with E-state index in [-0.39, 0.29) is 0 Å². The SMILES string of the molecule is Cc1ccccc1C(Cn1nccn1)OC(N)=O. The summed E-state index contributed by atoms with van der Waals surface area (Å²) in [6.07, 6.45) is 1.84. The van der Waals surface area contributed by atoms with Crippen LogP contribution < -0.4 is 5.73 Å².